The number of aryl methyl sites for hydroxylation is 1. The highest BCUT2D eigenvalue weighted by Gasteiger charge is 1.98. The van der Waals surface area contributed by atoms with Crippen LogP contribution in [0.25, 0.3) is 0 Å². The van der Waals surface area contributed by atoms with Crippen LogP contribution in [-0.2, 0) is 0 Å². The molecule has 0 aliphatic carbocycles. The van der Waals surface area contributed by atoms with Gasteiger partial charge in [0.1, 0.15) is 0 Å². The van der Waals surface area contributed by atoms with Gasteiger partial charge in [0, 0.05) is 10.0 Å². The monoisotopic (exact) mass is 340 g/mol. The van der Waals surface area contributed by atoms with E-state index in [1.54, 1.807) is 24.3 Å². The molecule has 2 rings (SSSR count). The normalized spacial score (nSPS) is 9.67. The standard InChI is InChI=1S/C7H6Cl2.C6H3Cl3/c1-5-2-3-6(8)4-7(5)9;7-4-2-1-3-5(8)6(4)9/h2-4H,1H3;1-3H. The molecule has 0 fully saturated rings. The summed E-state index contributed by atoms with van der Waals surface area (Å²) in [4.78, 5) is 0. The molecule has 0 atom stereocenters. The molecule has 0 unspecified atom stereocenters. The topological polar surface area (TPSA) is 0 Å². The first kappa shape index (κ1) is 15.9. The summed E-state index contributed by atoms with van der Waals surface area (Å²) in [5.41, 5.74) is 1.06. The maximum absolute atomic E-state index is 5.73. The van der Waals surface area contributed by atoms with Gasteiger partial charge in [-0.05, 0) is 36.8 Å². The van der Waals surface area contributed by atoms with Gasteiger partial charge in [-0.25, -0.2) is 0 Å². The van der Waals surface area contributed by atoms with Gasteiger partial charge >= 0.3 is 0 Å². The van der Waals surface area contributed by atoms with Gasteiger partial charge in [-0.2, -0.15) is 0 Å². The van der Waals surface area contributed by atoms with Crippen molar-refractivity contribution in [1.29, 1.82) is 0 Å². The minimum Gasteiger partial charge on any atom is -0.0843 e. The van der Waals surface area contributed by atoms with E-state index in [2.05, 4.69) is 0 Å². The Morgan fingerprint density at radius 2 is 1.28 bits per heavy atom. The Morgan fingerprint density at radius 1 is 0.722 bits per heavy atom. The Morgan fingerprint density at radius 3 is 1.67 bits per heavy atom. The van der Waals surface area contributed by atoms with E-state index in [4.69, 9.17) is 58.0 Å². The zero-order valence-corrected chi connectivity index (χ0v) is 13.1. The Bertz CT molecular complexity index is 517. The summed E-state index contributed by atoms with van der Waals surface area (Å²) in [5, 5.41) is 2.81. The quantitative estimate of drug-likeness (QED) is 0.454. The Balaban J connectivity index is 0.000000180. The first-order valence-electron chi connectivity index (χ1n) is 4.93. The van der Waals surface area contributed by atoms with Gasteiger partial charge < -0.3 is 0 Å². The van der Waals surface area contributed by atoms with Crippen molar-refractivity contribution in [3.8, 4) is 0 Å². The lowest BCUT2D eigenvalue weighted by Crippen LogP contribution is -1.71. The van der Waals surface area contributed by atoms with E-state index in [9.17, 15) is 0 Å². The van der Waals surface area contributed by atoms with Crippen molar-refractivity contribution < 1.29 is 0 Å². The molecule has 0 saturated heterocycles. The van der Waals surface area contributed by atoms with E-state index in [1.807, 2.05) is 19.1 Å². The van der Waals surface area contributed by atoms with E-state index in [1.165, 1.54) is 0 Å². The molecule has 0 amide bonds. The van der Waals surface area contributed by atoms with Crippen molar-refractivity contribution in [1.82, 2.24) is 0 Å². The van der Waals surface area contributed by atoms with Crippen LogP contribution in [0.3, 0.4) is 0 Å². The Labute approximate surface area is 131 Å². The van der Waals surface area contributed by atoms with Gasteiger partial charge in [0.05, 0.1) is 15.1 Å². The molecule has 0 radical (unpaired) electrons. The van der Waals surface area contributed by atoms with Crippen molar-refractivity contribution in [3.63, 3.8) is 0 Å². The third-order valence-corrected chi connectivity index (χ3v) is 3.91. The molecule has 0 spiro atoms. The maximum atomic E-state index is 5.73. The second-order valence-corrected chi connectivity index (χ2v) is 5.47. The fourth-order valence-corrected chi connectivity index (χ4v) is 1.98. The predicted molar refractivity (Wildman–Crippen MR) is 82.7 cm³/mol. The average Bonchev–Trinajstić information content (AvgIpc) is 2.32. The molecule has 0 N–H and O–H groups in total. The number of hydrogen-bond donors (Lipinski definition) is 0. The van der Waals surface area contributed by atoms with Crippen molar-refractivity contribution in [2.45, 2.75) is 6.92 Å². The van der Waals surface area contributed by atoms with Crippen LogP contribution in [0.4, 0.5) is 0 Å². The van der Waals surface area contributed by atoms with Crippen LogP contribution in [0.1, 0.15) is 5.56 Å². The highest BCUT2D eigenvalue weighted by Crippen LogP contribution is 2.28. The lowest BCUT2D eigenvalue weighted by Gasteiger charge is -1.94. The highest BCUT2D eigenvalue weighted by atomic mass is 35.5. The minimum absolute atomic E-state index is 0.417. The molecular formula is C13H9Cl5. The summed E-state index contributed by atoms with van der Waals surface area (Å²) in [6.07, 6.45) is 0. The zero-order chi connectivity index (χ0) is 13.7. The first-order chi connectivity index (χ1) is 8.41. The van der Waals surface area contributed by atoms with Crippen molar-refractivity contribution in [3.05, 3.63) is 67.1 Å². The van der Waals surface area contributed by atoms with Gasteiger partial charge in [-0.15, -0.1) is 0 Å². The predicted octanol–water partition coefficient (Wildman–Crippen LogP) is 6.95. The Kier molecular flexibility index (Phi) is 6.62. The molecule has 0 nitrogen and oxygen atoms in total. The third kappa shape index (κ3) is 4.87. The first-order valence-corrected chi connectivity index (χ1v) is 6.82. The number of halogens is 5. The summed E-state index contributed by atoms with van der Waals surface area (Å²) in [6, 6.07) is 10.6. The minimum atomic E-state index is 0.417. The van der Waals surface area contributed by atoms with Crippen LogP contribution < -0.4 is 0 Å². The smallest absolute Gasteiger partial charge is 0.0778 e. The lowest BCUT2D eigenvalue weighted by atomic mass is 10.2. The fraction of sp³-hybridized carbons (Fsp3) is 0.0769. The van der Waals surface area contributed by atoms with E-state index in [0.29, 0.717) is 20.1 Å². The van der Waals surface area contributed by atoms with Gasteiger partial charge in [0.15, 0.2) is 0 Å². The highest BCUT2D eigenvalue weighted by molar-refractivity contribution is 6.47. The second kappa shape index (κ2) is 7.47. The summed E-state index contributed by atoms with van der Waals surface area (Å²) in [6.45, 7) is 1.94. The molecular weight excluding hydrogens is 333 g/mol. The van der Waals surface area contributed by atoms with Crippen LogP contribution in [0.2, 0.25) is 25.1 Å². The Hall–Kier alpha value is -0.110. The molecule has 96 valence electrons. The largest absolute Gasteiger partial charge is 0.0843 e. The van der Waals surface area contributed by atoms with Crippen LogP contribution in [-0.4, -0.2) is 0 Å². The number of hydrogen-bond acceptors (Lipinski definition) is 0. The molecule has 0 aliphatic heterocycles. The molecule has 5 heteroatoms. The maximum Gasteiger partial charge on any atom is 0.0778 e. The zero-order valence-electron chi connectivity index (χ0n) is 9.35. The van der Waals surface area contributed by atoms with Crippen molar-refractivity contribution in [2.75, 3.05) is 0 Å². The van der Waals surface area contributed by atoms with Gasteiger partial charge in [-0.1, -0.05) is 70.1 Å². The fourth-order valence-electron chi connectivity index (χ4n) is 1.04. The van der Waals surface area contributed by atoms with Crippen LogP contribution in [0, 0.1) is 6.92 Å². The lowest BCUT2D eigenvalue weighted by molar-refractivity contribution is 1.47. The van der Waals surface area contributed by atoms with E-state index < -0.39 is 0 Å². The second-order valence-electron chi connectivity index (χ2n) is 3.43. The molecule has 0 saturated carbocycles. The molecule has 2 aromatic rings. The molecule has 18 heavy (non-hydrogen) atoms. The number of rotatable bonds is 0. The molecule has 0 aliphatic rings. The van der Waals surface area contributed by atoms with Crippen molar-refractivity contribution in [2.24, 2.45) is 0 Å². The average molecular weight is 342 g/mol. The van der Waals surface area contributed by atoms with Gasteiger partial charge in [0.25, 0.3) is 0 Å². The van der Waals surface area contributed by atoms with Gasteiger partial charge in [-0.3, -0.25) is 0 Å². The van der Waals surface area contributed by atoms with Gasteiger partial charge in [0.2, 0.25) is 0 Å². The number of benzene rings is 2. The summed E-state index contributed by atoms with van der Waals surface area (Å²) in [7, 11) is 0. The van der Waals surface area contributed by atoms with E-state index >= 15 is 0 Å². The van der Waals surface area contributed by atoms with Crippen LogP contribution >= 0.6 is 58.0 Å². The van der Waals surface area contributed by atoms with E-state index in [-0.39, 0.29) is 0 Å². The van der Waals surface area contributed by atoms with Crippen molar-refractivity contribution >= 4 is 58.0 Å². The third-order valence-electron chi connectivity index (χ3n) is 2.04. The SMILES string of the molecule is Cc1ccc(Cl)cc1Cl.Clc1cccc(Cl)c1Cl. The molecule has 0 aromatic heterocycles. The molecule has 2 aromatic carbocycles. The molecule has 0 heterocycles. The summed E-state index contributed by atoms with van der Waals surface area (Å²) >= 11 is 28.2. The summed E-state index contributed by atoms with van der Waals surface area (Å²) < 4.78 is 0. The summed E-state index contributed by atoms with van der Waals surface area (Å²) in [5.74, 6) is 0. The van der Waals surface area contributed by atoms with Crippen LogP contribution in [0.5, 0.6) is 0 Å². The van der Waals surface area contributed by atoms with Crippen LogP contribution in [0.15, 0.2) is 36.4 Å². The van der Waals surface area contributed by atoms with E-state index in [0.717, 1.165) is 10.6 Å². The molecule has 0 bridgehead atoms.